The highest BCUT2D eigenvalue weighted by molar-refractivity contribution is 5.45. The Hall–Kier alpha value is -2.16. The molecule has 0 unspecified atom stereocenters. The van der Waals surface area contributed by atoms with Crippen LogP contribution in [0.2, 0.25) is 0 Å². The molecule has 0 saturated carbocycles. The highest BCUT2D eigenvalue weighted by Gasteiger charge is 2.06. The molecule has 2 aromatic rings. The molecule has 2 aromatic carbocycles. The number of aryl methyl sites for hydroxylation is 1. The van der Waals surface area contributed by atoms with Gasteiger partial charge in [-0.25, -0.2) is 0 Å². The van der Waals surface area contributed by atoms with Gasteiger partial charge in [-0.15, -0.1) is 0 Å². The van der Waals surface area contributed by atoms with Crippen LogP contribution in [-0.4, -0.2) is 4.86 Å². The third-order valence-electron chi connectivity index (χ3n) is 2.97. The van der Waals surface area contributed by atoms with E-state index in [1.165, 1.54) is 0 Å². The average molecular weight is 254 g/mol. The number of para-hydroxylation sites is 1. The zero-order chi connectivity index (χ0) is 13.5. The van der Waals surface area contributed by atoms with Gasteiger partial charge in [-0.2, -0.15) is 0 Å². The highest BCUT2D eigenvalue weighted by atomic mass is 16.5. The molecule has 0 fully saturated rings. The Morgan fingerprint density at radius 2 is 1.68 bits per heavy atom. The zero-order valence-electron chi connectivity index (χ0n) is 11.1. The van der Waals surface area contributed by atoms with Crippen molar-refractivity contribution in [1.82, 2.24) is 0 Å². The Morgan fingerprint density at radius 3 is 2.42 bits per heavy atom. The van der Waals surface area contributed by atoms with Crippen molar-refractivity contribution in [2.75, 3.05) is 0 Å². The fourth-order valence-electron chi connectivity index (χ4n) is 1.90. The first-order chi connectivity index (χ1) is 9.31. The van der Waals surface area contributed by atoms with E-state index in [1.807, 2.05) is 42.5 Å². The third-order valence-corrected chi connectivity index (χ3v) is 2.97. The van der Waals surface area contributed by atoms with E-state index in [0.717, 1.165) is 30.5 Å². The van der Waals surface area contributed by atoms with Crippen LogP contribution < -0.4 is 0 Å². The predicted octanol–water partition coefficient (Wildman–Crippen LogP) is 4.95. The van der Waals surface area contributed by atoms with Crippen molar-refractivity contribution < 1.29 is 4.86 Å². The van der Waals surface area contributed by atoms with Gasteiger partial charge in [0.1, 0.15) is 5.69 Å². The van der Waals surface area contributed by atoms with Gasteiger partial charge in [0, 0.05) is 17.2 Å². The quantitative estimate of drug-likeness (QED) is 0.422. The van der Waals surface area contributed by atoms with Crippen molar-refractivity contribution >= 4 is 11.4 Å². The Kier molecular flexibility index (Phi) is 4.67. The molecule has 3 nitrogen and oxygen atoms in total. The number of nitrogens with zero attached hydrogens (tertiary/aromatic N) is 2. The van der Waals surface area contributed by atoms with Gasteiger partial charge in [0.25, 0.3) is 0 Å². The molecule has 98 valence electrons. The number of benzene rings is 2. The molecule has 0 radical (unpaired) electrons. The van der Waals surface area contributed by atoms with E-state index in [2.05, 4.69) is 12.0 Å². The van der Waals surface area contributed by atoms with Crippen LogP contribution in [0.25, 0.3) is 0 Å². The van der Waals surface area contributed by atoms with Crippen molar-refractivity contribution in [2.45, 2.75) is 26.2 Å². The molecule has 0 aliphatic rings. The normalized spacial score (nSPS) is 11.5. The van der Waals surface area contributed by atoms with Crippen LogP contribution in [0.1, 0.15) is 25.3 Å². The summed E-state index contributed by atoms with van der Waals surface area (Å²) in [5.41, 5.74) is 2.43. The van der Waals surface area contributed by atoms with Gasteiger partial charge in [-0.3, -0.25) is 0 Å². The SMILES string of the molecule is CCCCc1ccccc1N=[N+]([O-])c1ccccc1. The average Bonchev–Trinajstić information content (AvgIpc) is 2.47. The molecule has 0 saturated heterocycles. The molecule has 0 atom stereocenters. The fraction of sp³-hybridized carbons (Fsp3) is 0.250. The summed E-state index contributed by atoms with van der Waals surface area (Å²) in [6.07, 6.45) is 3.20. The van der Waals surface area contributed by atoms with Gasteiger partial charge in [0.05, 0.1) is 0 Å². The molecule has 0 spiro atoms. The second-order valence-electron chi connectivity index (χ2n) is 4.44. The minimum atomic E-state index is 0.549. The first-order valence-electron chi connectivity index (χ1n) is 6.63. The molecule has 0 amide bonds. The van der Waals surface area contributed by atoms with Crippen LogP contribution >= 0.6 is 0 Å². The molecule has 0 aliphatic heterocycles. The zero-order valence-corrected chi connectivity index (χ0v) is 11.1. The summed E-state index contributed by atoms with van der Waals surface area (Å²) in [7, 11) is 0. The summed E-state index contributed by atoms with van der Waals surface area (Å²) in [5.74, 6) is 0. The van der Waals surface area contributed by atoms with Gasteiger partial charge in [-0.05, 0) is 24.5 Å². The Bertz CT molecular complexity index is 550. The lowest BCUT2D eigenvalue weighted by atomic mass is 10.1. The van der Waals surface area contributed by atoms with E-state index in [4.69, 9.17) is 0 Å². The molecule has 0 aromatic heterocycles. The third kappa shape index (κ3) is 3.65. The van der Waals surface area contributed by atoms with Gasteiger partial charge in [0.15, 0.2) is 0 Å². The number of rotatable bonds is 5. The first-order valence-corrected chi connectivity index (χ1v) is 6.63. The fourth-order valence-corrected chi connectivity index (χ4v) is 1.90. The molecular formula is C16H18N2O. The summed E-state index contributed by atoms with van der Waals surface area (Å²) in [4.78, 5) is 0.685. The standard InChI is InChI=1S/C16H18N2O/c1-2-3-9-14-10-7-8-13-16(14)17-18(19)15-11-5-4-6-12-15/h4-8,10-13H,2-3,9H2,1H3. The van der Waals surface area contributed by atoms with E-state index >= 15 is 0 Å². The van der Waals surface area contributed by atoms with Crippen molar-refractivity contribution in [2.24, 2.45) is 5.11 Å². The number of hydrogen-bond acceptors (Lipinski definition) is 2. The summed E-state index contributed by atoms with van der Waals surface area (Å²) in [5, 5.41) is 16.1. The molecule has 0 heterocycles. The van der Waals surface area contributed by atoms with Crippen molar-refractivity contribution in [3.63, 3.8) is 0 Å². The summed E-state index contributed by atoms with van der Waals surface area (Å²) >= 11 is 0. The van der Waals surface area contributed by atoms with E-state index in [1.54, 1.807) is 12.1 Å². The van der Waals surface area contributed by atoms with Gasteiger partial charge in [0.2, 0.25) is 5.69 Å². The maximum absolute atomic E-state index is 12.0. The molecule has 2 rings (SSSR count). The molecule has 0 bridgehead atoms. The molecule has 0 aliphatic carbocycles. The van der Waals surface area contributed by atoms with Gasteiger partial charge >= 0.3 is 0 Å². The lowest BCUT2D eigenvalue weighted by Gasteiger charge is -2.04. The van der Waals surface area contributed by atoms with Gasteiger partial charge in [-0.1, -0.05) is 54.6 Å². The minimum absolute atomic E-state index is 0.549. The lowest BCUT2D eigenvalue weighted by molar-refractivity contribution is -0.435. The number of unbranched alkanes of at least 4 members (excludes halogenated alkanes) is 1. The number of hydrogen-bond donors (Lipinski definition) is 0. The second kappa shape index (κ2) is 6.69. The number of azo groups is 1. The first kappa shape index (κ1) is 13.3. The maximum Gasteiger partial charge on any atom is 0.244 e. The van der Waals surface area contributed by atoms with Crippen molar-refractivity contribution in [3.8, 4) is 0 Å². The minimum Gasteiger partial charge on any atom is -0.594 e. The van der Waals surface area contributed by atoms with Crippen LogP contribution in [-0.2, 0) is 6.42 Å². The summed E-state index contributed by atoms with van der Waals surface area (Å²) < 4.78 is 0. The second-order valence-corrected chi connectivity index (χ2v) is 4.44. The Labute approximate surface area is 113 Å². The van der Waals surface area contributed by atoms with Crippen molar-refractivity contribution in [3.05, 3.63) is 65.4 Å². The predicted molar refractivity (Wildman–Crippen MR) is 76.9 cm³/mol. The van der Waals surface area contributed by atoms with E-state index in [9.17, 15) is 5.21 Å². The largest absolute Gasteiger partial charge is 0.594 e. The van der Waals surface area contributed by atoms with Crippen LogP contribution in [0.3, 0.4) is 0 Å². The van der Waals surface area contributed by atoms with Crippen LogP contribution in [0.15, 0.2) is 59.7 Å². The lowest BCUT2D eigenvalue weighted by Crippen LogP contribution is -1.92. The van der Waals surface area contributed by atoms with Crippen LogP contribution in [0.5, 0.6) is 0 Å². The summed E-state index contributed by atoms with van der Waals surface area (Å²) in [6, 6.07) is 16.9. The van der Waals surface area contributed by atoms with Crippen molar-refractivity contribution in [1.29, 1.82) is 0 Å². The molecule has 19 heavy (non-hydrogen) atoms. The monoisotopic (exact) mass is 254 g/mol. The molecule has 3 heteroatoms. The summed E-state index contributed by atoms with van der Waals surface area (Å²) in [6.45, 7) is 2.16. The maximum atomic E-state index is 12.0. The smallest absolute Gasteiger partial charge is 0.244 e. The topological polar surface area (TPSA) is 38.4 Å². The highest BCUT2D eigenvalue weighted by Crippen LogP contribution is 2.23. The molecular weight excluding hydrogens is 236 g/mol. The van der Waals surface area contributed by atoms with Crippen LogP contribution in [0, 0.1) is 5.21 Å². The van der Waals surface area contributed by atoms with E-state index in [0.29, 0.717) is 10.5 Å². The van der Waals surface area contributed by atoms with Crippen LogP contribution in [0.4, 0.5) is 11.4 Å². The Balaban J connectivity index is 2.27. The Morgan fingerprint density at radius 1 is 1.00 bits per heavy atom. The van der Waals surface area contributed by atoms with Gasteiger partial charge < -0.3 is 5.21 Å². The van der Waals surface area contributed by atoms with E-state index < -0.39 is 0 Å². The molecule has 0 N–H and O–H groups in total. The van der Waals surface area contributed by atoms with E-state index in [-0.39, 0.29) is 0 Å².